The minimum absolute atomic E-state index is 0.410. The van der Waals surface area contributed by atoms with Gasteiger partial charge >= 0.3 is 5.97 Å². The standard InChI is InChI=1S/C23H23N3O5S/c1-17-3-5-19(6-4-17)14-26-11-12-32-23(26)25-21(27)15-30-22(28)16-31-24-13-18-7-9-20(29-2)10-8-18/h3-13H,14-16H2,1-2H3/b24-13+,25-23?. The van der Waals surface area contributed by atoms with E-state index in [1.807, 2.05) is 47.3 Å². The first-order chi connectivity index (χ1) is 15.5. The molecule has 0 saturated carbocycles. The van der Waals surface area contributed by atoms with Gasteiger partial charge in [0.05, 0.1) is 13.3 Å². The second kappa shape index (κ2) is 11.6. The van der Waals surface area contributed by atoms with Crippen LogP contribution in [0.5, 0.6) is 5.75 Å². The van der Waals surface area contributed by atoms with Gasteiger partial charge in [0.1, 0.15) is 5.75 Å². The van der Waals surface area contributed by atoms with E-state index in [9.17, 15) is 9.59 Å². The lowest BCUT2D eigenvalue weighted by Crippen LogP contribution is -2.21. The van der Waals surface area contributed by atoms with Crippen LogP contribution in [0.2, 0.25) is 0 Å². The molecule has 166 valence electrons. The number of ether oxygens (including phenoxy) is 2. The van der Waals surface area contributed by atoms with Crippen molar-refractivity contribution in [1.29, 1.82) is 0 Å². The third kappa shape index (κ3) is 7.21. The predicted octanol–water partition coefficient (Wildman–Crippen LogP) is 2.94. The molecular weight excluding hydrogens is 430 g/mol. The summed E-state index contributed by atoms with van der Waals surface area (Å²) >= 11 is 1.33. The summed E-state index contributed by atoms with van der Waals surface area (Å²) in [6.07, 6.45) is 3.31. The lowest BCUT2D eigenvalue weighted by molar-refractivity contribution is -0.152. The van der Waals surface area contributed by atoms with E-state index in [0.717, 1.165) is 16.9 Å². The van der Waals surface area contributed by atoms with Gasteiger partial charge in [0, 0.05) is 18.1 Å². The number of thiazole rings is 1. The van der Waals surface area contributed by atoms with Crippen LogP contribution < -0.4 is 9.54 Å². The van der Waals surface area contributed by atoms with Gasteiger partial charge < -0.3 is 18.9 Å². The lowest BCUT2D eigenvalue weighted by Gasteiger charge is -2.04. The number of rotatable bonds is 9. The van der Waals surface area contributed by atoms with E-state index in [1.165, 1.54) is 23.1 Å². The molecule has 0 saturated heterocycles. The van der Waals surface area contributed by atoms with E-state index in [4.69, 9.17) is 14.3 Å². The Morgan fingerprint density at radius 1 is 1.06 bits per heavy atom. The van der Waals surface area contributed by atoms with Gasteiger partial charge in [0.2, 0.25) is 6.61 Å². The van der Waals surface area contributed by atoms with Gasteiger partial charge in [-0.25, -0.2) is 4.79 Å². The number of hydrogen-bond donors (Lipinski definition) is 0. The average Bonchev–Trinajstić information content (AvgIpc) is 3.23. The van der Waals surface area contributed by atoms with Gasteiger partial charge in [0.15, 0.2) is 11.4 Å². The molecule has 0 atom stereocenters. The molecule has 0 N–H and O–H groups in total. The number of nitrogens with zero attached hydrogens (tertiary/aromatic N) is 3. The molecule has 0 radical (unpaired) electrons. The number of methoxy groups -OCH3 is 1. The summed E-state index contributed by atoms with van der Waals surface area (Å²) in [5.41, 5.74) is 3.06. The zero-order valence-corrected chi connectivity index (χ0v) is 18.6. The highest BCUT2D eigenvalue weighted by molar-refractivity contribution is 7.07. The monoisotopic (exact) mass is 453 g/mol. The van der Waals surface area contributed by atoms with Crippen LogP contribution in [0.15, 0.2) is 70.3 Å². The van der Waals surface area contributed by atoms with E-state index >= 15 is 0 Å². The fourth-order valence-corrected chi connectivity index (χ4v) is 3.34. The summed E-state index contributed by atoms with van der Waals surface area (Å²) in [7, 11) is 1.58. The average molecular weight is 454 g/mol. The number of aromatic nitrogens is 1. The fourth-order valence-electron chi connectivity index (χ4n) is 2.60. The topological polar surface area (TPSA) is 91.5 Å². The zero-order chi connectivity index (χ0) is 22.8. The normalized spacial score (nSPS) is 11.5. The van der Waals surface area contributed by atoms with Crippen molar-refractivity contribution in [3.63, 3.8) is 0 Å². The molecule has 0 aliphatic carbocycles. The number of carbonyl (C=O) groups is 2. The molecule has 32 heavy (non-hydrogen) atoms. The number of esters is 1. The van der Waals surface area contributed by atoms with Crippen LogP contribution in [-0.2, 0) is 25.7 Å². The van der Waals surface area contributed by atoms with Crippen molar-refractivity contribution in [1.82, 2.24) is 4.57 Å². The molecule has 0 aliphatic heterocycles. The van der Waals surface area contributed by atoms with Gasteiger partial charge in [-0.1, -0.05) is 35.0 Å². The number of benzene rings is 2. The van der Waals surface area contributed by atoms with E-state index in [2.05, 4.69) is 10.1 Å². The van der Waals surface area contributed by atoms with Crippen molar-refractivity contribution in [3.05, 3.63) is 81.6 Å². The Hall–Kier alpha value is -3.72. The Labute approximate surface area is 189 Å². The van der Waals surface area contributed by atoms with E-state index in [-0.39, 0.29) is 0 Å². The molecule has 1 amide bonds. The van der Waals surface area contributed by atoms with Crippen molar-refractivity contribution in [2.45, 2.75) is 13.5 Å². The van der Waals surface area contributed by atoms with Crippen molar-refractivity contribution in [3.8, 4) is 5.75 Å². The van der Waals surface area contributed by atoms with E-state index < -0.39 is 25.1 Å². The van der Waals surface area contributed by atoms with E-state index in [0.29, 0.717) is 11.3 Å². The van der Waals surface area contributed by atoms with Crippen molar-refractivity contribution < 1.29 is 23.9 Å². The minimum Gasteiger partial charge on any atom is -0.497 e. The van der Waals surface area contributed by atoms with Gasteiger partial charge in [-0.15, -0.1) is 11.3 Å². The molecule has 0 bridgehead atoms. The number of hydrogen-bond acceptors (Lipinski definition) is 7. The van der Waals surface area contributed by atoms with Crippen LogP contribution in [0, 0.1) is 6.92 Å². The van der Waals surface area contributed by atoms with Crippen LogP contribution in [0.3, 0.4) is 0 Å². The Balaban J connectivity index is 1.44. The third-order valence-corrected chi connectivity index (χ3v) is 5.08. The lowest BCUT2D eigenvalue weighted by atomic mass is 10.1. The molecule has 2 aromatic carbocycles. The maximum Gasteiger partial charge on any atom is 0.347 e. The van der Waals surface area contributed by atoms with Crippen LogP contribution in [0.4, 0.5) is 0 Å². The quantitative estimate of drug-likeness (QED) is 0.282. The zero-order valence-electron chi connectivity index (χ0n) is 17.8. The summed E-state index contributed by atoms with van der Waals surface area (Å²) in [5, 5.41) is 5.55. The minimum atomic E-state index is -0.709. The maximum absolute atomic E-state index is 12.1. The summed E-state index contributed by atoms with van der Waals surface area (Å²) in [6.45, 7) is 1.75. The Bertz CT molecular complexity index is 1130. The first-order valence-corrected chi connectivity index (χ1v) is 10.6. The molecule has 9 heteroatoms. The molecule has 0 spiro atoms. The molecule has 8 nitrogen and oxygen atoms in total. The first-order valence-electron chi connectivity index (χ1n) is 9.75. The highest BCUT2D eigenvalue weighted by Gasteiger charge is 2.08. The van der Waals surface area contributed by atoms with Crippen molar-refractivity contribution in [2.24, 2.45) is 10.1 Å². The maximum atomic E-state index is 12.1. The Morgan fingerprint density at radius 3 is 2.53 bits per heavy atom. The Kier molecular flexibility index (Phi) is 8.33. The van der Waals surface area contributed by atoms with Crippen LogP contribution in [0.25, 0.3) is 0 Å². The highest BCUT2D eigenvalue weighted by Crippen LogP contribution is 2.09. The fraction of sp³-hybridized carbons (Fsp3) is 0.217. The molecule has 0 fully saturated rings. The molecule has 3 rings (SSSR count). The second-order valence-corrected chi connectivity index (χ2v) is 7.62. The Morgan fingerprint density at radius 2 is 1.81 bits per heavy atom. The first kappa shape index (κ1) is 23.0. The summed E-state index contributed by atoms with van der Waals surface area (Å²) in [5.74, 6) is -0.538. The smallest absolute Gasteiger partial charge is 0.347 e. The number of aryl methyl sites for hydroxylation is 1. The van der Waals surface area contributed by atoms with Gasteiger partial charge in [0.25, 0.3) is 5.91 Å². The van der Waals surface area contributed by atoms with Crippen LogP contribution in [-0.4, -0.2) is 43.0 Å². The molecule has 1 heterocycles. The van der Waals surface area contributed by atoms with Crippen LogP contribution in [0.1, 0.15) is 16.7 Å². The highest BCUT2D eigenvalue weighted by atomic mass is 32.1. The summed E-state index contributed by atoms with van der Waals surface area (Å²) < 4.78 is 11.8. The summed E-state index contributed by atoms with van der Waals surface area (Å²) in [6, 6.07) is 15.3. The third-order valence-electron chi connectivity index (χ3n) is 4.28. The number of carbonyl (C=O) groups excluding carboxylic acids is 2. The molecule has 3 aromatic rings. The second-order valence-electron chi connectivity index (χ2n) is 6.75. The van der Waals surface area contributed by atoms with E-state index in [1.54, 1.807) is 31.4 Å². The predicted molar refractivity (Wildman–Crippen MR) is 121 cm³/mol. The SMILES string of the molecule is COc1ccc(/C=N/OCC(=O)OCC(=O)N=c2sccn2Cc2ccc(C)cc2)cc1. The molecular formula is C23H23N3O5S. The van der Waals surface area contributed by atoms with Crippen LogP contribution >= 0.6 is 11.3 Å². The van der Waals surface area contributed by atoms with Gasteiger partial charge in [-0.2, -0.15) is 4.99 Å². The van der Waals surface area contributed by atoms with Gasteiger partial charge in [-0.05, 0) is 42.3 Å². The van der Waals surface area contributed by atoms with Crippen molar-refractivity contribution >= 4 is 29.4 Å². The molecule has 0 aliphatic rings. The number of amides is 1. The largest absolute Gasteiger partial charge is 0.497 e. The van der Waals surface area contributed by atoms with Crippen molar-refractivity contribution in [2.75, 3.05) is 20.3 Å². The molecule has 0 unspecified atom stereocenters. The molecule has 1 aromatic heterocycles. The summed E-state index contributed by atoms with van der Waals surface area (Å²) in [4.78, 5) is 33.3. The number of oxime groups is 1. The van der Waals surface area contributed by atoms with Gasteiger partial charge in [-0.3, -0.25) is 4.79 Å².